The van der Waals surface area contributed by atoms with Crippen molar-refractivity contribution in [2.24, 2.45) is 17.9 Å². The fraction of sp³-hybridized carbons (Fsp3) is 0.263. The third kappa shape index (κ3) is 2.97. The van der Waals surface area contributed by atoms with Gasteiger partial charge in [0.2, 0.25) is 0 Å². The van der Waals surface area contributed by atoms with E-state index in [4.69, 9.17) is 5.84 Å². The highest BCUT2D eigenvalue weighted by molar-refractivity contribution is 5.77. The molecule has 3 heterocycles. The molecule has 0 aliphatic carbocycles. The number of aryl methyl sites for hydroxylation is 1. The van der Waals surface area contributed by atoms with Gasteiger partial charge in [-0.05, 0) is 17.0 Å². The molecular formula is C19H23N7. The number of aliphatic imine (C=N–C) groups is 1. The number of rotatable bonds is 4. The second-order valence-electron chi connectivity index (χ2n) is 6.93. The Morgan fingerprint density at radius 1 is 1.27 bits per heavy atom. The number of hydrogen-bond donors (Lipinski definition) is 2. The van der Waals surface area contributed by atoms with Crippen LogP contribution in [-0.2, 0) is 13.6 Å². The number of aromatic nitrogens is 2. The second kappa shape index (κ2) is 6.34. The lowest BCUT2D eigenvalue weighted by atomic mass is 10.0. The number of benzene rings is 1. The normalized spacial score (nSPS) is 16.3. The molecule has 2 aliphatic rings. The summed E-state index contributed by atoms with van der Waals surface area (Å²) in [7, 11) is 1.90. The Hall–Kier alpha value is -3.06. The van der Waals surface area contributed by atoms with E-state index in [1.807, 2.05) is 25.6 Å². The van der Waals surface area contributed by atoms with E-state index >= 15 is 0 Å². The van der Waals surface area contributed by atoms with E-state index < -0.39 is 0 Å². The zero-order chi connectivity index (χ0) is 18.3. The van der Waals surface area contributed by atoms with Crippen LogP contribution in [0.2, 0.25) is 0 Å². The van der Waals surface area contributed by atoms with Gasteiger partial charge in [0.15, 0.2) is 0 Å². The molecule has 0 unspecified atom stereocenters. The van der Waals surface area contributed by atoms with Crippen molar-refractivity contribution in [1.29, 1.82) is 0 Å². The van der Waals surface area contributed by atoms with Gasteiger partial charge in [0.25, 0.3) is 0 Å². The molecular weight excluding hydrogens is 326 g/mol. The lowest BCUT2D eigenvalue weighted by Crippen LogP contribution is -2.33. The first-order chi connectivity index (χ1) is 12.5. The van der Waals surface area contributed by atoms with E-state index in [2.05, 4.69) is 58.6 Å². The van der Waals surface area contributed by atoms with Crippen molar-refractivity contribution in [2.45, 2.75) is 26.3 Å². The smallest absolute Gasteiger partial charge is 0.117 e. The Kier molecular flexibility index (Phi) is 4.00. The van der Waals surface area contributed by atoms with Gasteiger partial charge < -0.3 is 0 Å². The Balaban J connectivity index is 1.66. The summed E-state index contributed by atoms with van der Waals surface area (Å²) in [5.74, 6) is 6.41. The van der Waals surface area contributed by atoms with Crippen LogP contribution >= 0.6 is 0 Å². The molecule has 0 saturated heterocycles. The van der Waals surface area contributed by atoms with Crippen LogP contribution in [0.4, 0.5) is 0 Å². The number of hydrogen-bond acceptors (Lipinski definition) is 6. The molecule has 4 rings (SSSR count). The molecule has 0 fully saturated rings. The van der Waals surface area contributed by atoms with Crippen LogP contribution in [-0.4, -0.2) is 26.1 Å². The van der Waals surface area contributed by atoms with Gasteiger partial charge in [-0.25, -0.2) is 10.8 Å². The average Bonchev–Trinajstić information content (AvgIpc) is 3.19. The fourth-order valence-corrected chi connectivity index (χ4v) is 3.17. The largest absolute Gasteiger partial charge is 0.295 e. The SMILES string of the molecule is CC(C)c1cccc(CN2NC(c3cnn(C)c3)=C3N=CN(N)C=C32)c1. The van der Waals surface area contributed by atoms with Crippen molar-refractivity contribution in [3.05, 3.63) is 70.9 Å². The van der Waals surface area contributed by atoms with E-state index in [1.54, 1.807) is 11.0 Å². The van der Waals surface area contributed by atoms with Crippen molar-refractivity contribution in [2.75, 3.05) is 0 Å². The van der Waals surface area contributed by atoms with E-state index in [0.29, 0.717) is 12.5 Å². The first kappa shape index (κ1) is 16.4. The third-order valence-electron chi connectivity index (χ3n) is 4.56. The zero-order valence-electron chi connectivity index (χ0n) is 15.2. The highest BCUT2D eigenvalue weighted by atomic mass is 15.6. The van der Waals surface area contributed by atoms with Gasteiger partial charge in [-0.15, -0.1) is 0 Å². The average molecular weight is 349 g/mol. The minimum Gasteiger partial charge on any atom is -0.295 e. The highest BCUT2D eigenvalue weighted by Crippen LogP contribution is 2.33. The topological polar surface area (TPSA) is 74.7 Å². The van der Waals surface area contributed by atoms with E-state index in [0.717, 1.165) is 22.7 Å². The third-order valence-corrected chi connectivity index (χ3v) is 4.56. The summed E-state index contributed by atoms with van der Waals surface area (Å²) in [4.78, 5) is 4.52. The van der Waals surface area contributed by atoms with Crippen molar-refractivity contribution in [3.63, 3.8) is 0 Å². The predicted molar refractivity (Wildman–Crippen MR) is 102 cm³/mol. The zero-order valence-corrected chi connectivity index (χ0v) is 15.2. The maximum atomic E-state index is 5.91. The molecule has 2 aromatic rings. The number of nitrogens with one attached hydrogen (secondary N) is 1. The molecule has 0 atom stereocenters. The summed E-state index contributed by atoms with van der Waals surface area (Å²) in [5, 5.41) is 7.82. The Labute approximate surface area is 153 Å². The van der Waals surface area contributed by atoms with E-state index in [1.165, 1.54) is 16.1 Å². The molecule has 0 saturated carbocycles. The molecule has 0 bridgehead atoms. The van der Waals surface area contributed by atoms with Gasteiger partial charge in [0.1, 0.15) is 17.7 Å². The van der Waals surface area contributed by atoms with Crippen LogP contribution in [0.5, 0.6) is 0 Å². The van der Waals surface area contributed by atoms with Crippen molar-refractivity contribution in [1.82, 2.24) is 25.2 Å². The fourth-order valence-electron chi connectivity index (χ4n) is 3.17. The van der Waals surface area contributed by atoms with Crippen LogP contribution in [0.1, 0.15) is 36.5 Å². The quantitative estimate of drug-likeness (QED) is 0.829. The Morgan fingerprint density at radius 2 is 2.12 bits per heavy atom. The molecule has 7 nitrogen and oxygen atoms in total. The molecule has 134 valence electrons. The minimum absolute atomic E-state index is 0.499. The highest BCUT2D eigenvalue weighted by Gasteiger charge is 2.30. The summed E-state index contributed by atoms with van der Waals surface area (Å²) < 4.78 is 1.78. The summed E-state index contributed by atoms with van der Waals surface area (Å²) in [5.41, 5.74) is 9.79. The maximum Gasteiger partial charge on any atom is 0.117 e. The molecule has 1 aromatic carbocycles. The van der Waals surface area contributed by atoms with Crippen LogP contribution < -0.4 is 11.3 Å². The number of nitrogens with two attached hydrogens (primary N) is 1. The maximum absolute atomic E-state index is 5.91. The summed E-state index contributed by atoms with van der Waals surface area (Å²) in [6.07, 6.45) is 7.30. The van der Waals surface area contributed by atoms with Gasteiger partial charge in [-0.2, -0.15) is 5.10 Å². The van der Waals surface area contributed by atoms with Crippen molar-refractivity contribution in [3.8, 4) is 0 Å². The Morgan fingerprint density at radius 3 is 2.85 bits per heavy atom. The van der Waals surface area contributed by atoms with Crippen molar-refractivity contribution >= 4 is 12.0 Å². The summed E-state index contributed by atoms with van der Waals surface area (Å²) >= 11 is 0. The first-order valence-corrected chi connectivity index (χ1v) is 8.67. The molecule has 0 spiro atoms. The molecule has 26 heavy (non-hydrogen) atoms. The lowest BCUT2D eigenvalue weighted by Gasteiger charge is -2.24. The standard InChI is InChI=1S/C19H23N7/c1-13(2)15-6-4-5-14(7-15)9-26-17-11-25(20)12-21-19(17)18(23-26)16-8-22-24(3)10-16/h4-8,10-13,23H,9,20H2,1-3H3. The van der Waals surface area contributed by atoms with Crippen LogP contribution in [0.25, 0.3) is 5.70 Å². The summed E-state index contributed by atoms with van der Waals surface area (Å²) in [6, 6.07) is 8.67. The van der Waals surface area contributed by atoms with Gasteiger partial charge in [-0.3, -0.25) is 20.1 Å². The van der Waals surface area contributed by atoms with E-state index in [9.17, 15) is 0 Å². The van der Waals surface area contributed by atoms with E-state index in [-0.39, 0.29) is 0 Å². The number of hydrazine groups is 2. The molecule has 3 N–H and O–H groups in total. The second-order valence-corrected chi connectivity index (χ2v) is 6.93. The van der Waals surface area contributed by atoms with Gasteiger partial charge in [0, 0.05) is 25.0 Å². The van der Waals surface area contributed by atoms with Gasteiger partial charge in [0.05, 0.1) is 18.4 Å². The number of nitrogens with zero attached hydrogens (tertiary/aromatic N) is 5. The molecule has 2 aliphatic heterocycles. The van der Waals surface area contributed by atoms with Crippen molar-refractivity contribution < 1.29 is 0 Å². The van der Waals surface area contributed by atoms with Crippen LogP contribution in [0, 0.1) is 0 Å². The summed E-state index contributed by atoms with van der Waals surface area (Å²) in [6.45, 7) is 5.12. The molecule has 0 amide bonds. The first-order valence-electron chi connectivity index (χ1n) is 8.67. The monoisotopic (exact) mass is 349 g/mol. The molecule has 7 heteroatoms. The van der Waals surface area contributed by atoms with Crippen LogP contribution in [0.15, 0.2) is 59.2 Å². The van der Waals surface area contributed by atoms with Gasteiger partial charge >= 0.3 is 0 Å². The molecule has 0 radical (unpaired) electrons. The number of fused-ring (bicyclic) bond motifs is 1. The lowest BCUT2D eigenvalue weighted by molar-refractivity contribution is 0.302. The van der Waals surface area contributed by atoms with Crippen LogP contribution in [0.3, 0.4) is 0 Å². The predicted octanol–water partition coefficient (Wildman–Crippen LogP) is 2.29. The van der Waals surface area contributed by atoms with Gasteiger partial charge in [-0.1, -0.05) is 38.1 Å². The Bertz CT molecular complexity index is 919. The minimum atomic E-state index is 0.499. The molecule has 1 aromatic heterocycles.